The van der Waals surface area contributed by atoms with Crippen molar-refractivity contribution < 1.29 is 18.7 Å². The van der Waals surface area contributed by atoms with Gasteiger partial charge in [0.25, 0.3) is 0 Å². The average molecular weight is 255 g/mol. The second-order valence-corrected chi connectivity index (χ2v) is 3.94. The maximum absolute atomic E-state index is 13.4. The smallest absolute Gasteiger partial charge is 0.309 e. The first-order chi connectivity index (χ1) is 8.47. The third-order valence-corrected chi connectivity index (χ3v) is 2.43. The highest BCUT2D eigenvalue weighted by atomic mass is 19.3. The van der Waals surface area contributed by atoms with Crippen molar-refractivity contribution >= 4 is 11.5 Å². The Morgan fingerprint density at radius 2 is 2.28 bits per heavy atom. The Morgan fingerprint density at radius 1 is 1.56 bits per heavy atom. The first-order valence-corrected chi connectivity index (χ1v) is 5.70. The predicted molar refractivity (Wildman–Crippen MR) is 64.3 cm³/mol. The summed E-state index contributed by atoms with van der Waals surface area (Å²) in [6.07, 6.45) is 3.69. The lowest BCUT2D eigenvalue weighted by Gasteiger charge is -2.12. The van der Waals surface area contributed by atoms with Crippen LogP contribution >= 0.6 is 0 Å². The van der Waals surface area contributed by atoms with Gasteiger partial charge >= 0.3 is 5.92 Å². The van der Waals surface area contributed by atoms with E-state index in [4.69, 9.17) is 0 Å². The molecule has 0 aliphatic carbocycles. The van der Waals surface area contributed by atoms with Gasteiger partial charge in [-0.1, -0.05) is 13.3 Å². The van der Waals surface area contributed by atoms with Crippen molar-refractivity contribution in [2.75, 3.05) is 0 Å². The van der Waals surface area contributed by atoms with Crippen molar-refractivity contribution in [3.63, 3.8) is 0 Å². The van der Waals surface area contributed by atoms with Crippen LogP contribution in [0.15, 0.2) is 30.6 Å². The Kier molecular flexibility index (Phi) is 4.95. The number of carbonyl (C=O) groups is 1. The van der Waals surface area contributed by atoms with Crippen molar-refractivity contribution in [2.45, 2.75) is 32.1 Å². The number of halogens is 2. The van der Waals surface area contributed by atoms with E-state index in [1.165, 1.54) is 18.5 Å². The maximum atomic E-state index is 13.4. The molecule has 98 valence electrons. The van der Waals surface area contributed by atoms with Gasteiger partial charge in [0.1, 0.15) is 5.76 Å². The van der Waals surface area contributed by atoms with Crippen molar-refractivity contribution in [1.82, 2.24) is 4.98 Å². The number of pyridine rings is 1. The molecule has 0 saturated heterocycles. The summed E-state index contributed by atoms with van der Waals surface area (Å²) < 4.78 is 26.7. The fourth-order valence-corrected chi connectivity index (χ4v) is 1.35. The fourth-order valence-electron chi connectivity index (χ4n) is 1.35. The first kappa shape index (κ1) is 14.3. The van der Waals surface area contributed by atoms with Crippen LogP contribution in [0.4, 0.5) is 8.78 Å². The molecule has 0 fully saturated rings. The summed E-state index contributed by atoms with van der Waals surface area (Å²) >= 11 is 0. The molecule has 1 aromatic rings. The minimum Gasteiger partial charge on any atom is -0.507 e. The van der Waals surface area contributed by atoms with Gasteiger partial charge in [-0.25, -0.2) is 0 Å². The zero-order valence-corrected chi connectivity index (χ0v) is 10.1. The predicted octanol–water partition coefficient (Wildman–Crippen LogP) is 3.38. The van der Waals surface area contributed by atoms with Crippen LogP contribution in [-0.4, -0.2) is 21.8 Å². The molecular formula is C13H15F2NO2. The molecule has 0 amide bonds. The number of aliphatic hydroxyl groups is 1. The molecular weight excluding hydrogens is 240 g/mol. The number of hydrogen-bond donors (Lipinski definition) is 1. The van der Waals surface area contributed by atoms with Gasteiger partial charge in [0.05, 0.1) is 0 Å². The number of aromatic nitrogens is 1. The molecule has 1 heterocycles. The maximum Gasteiger partial charge on any atom is 0.309 e. The third kappa shape index (κ3) is 3.91. The molecule has 0 aliphatic heterocycles. The quantitative estimate of drug-likeness (QED) is 0.626. The zero-order valence-electron chi connectivity index (χ0n) is 10.1. The Balaban J connectivity index is 2.79. The van der Waals surface area contributed by atoms with E-state index in [1.54, 1.807) is 13.0 Å². The normalized spacial score (nSPS) is 12.5. The summed E-state index contributed by atoms with van der Waals surface area (Å²) in [5.41, 5.74) is 0.233. The van der Waals surface area contributed by atoms with Gasteiger partial charge in [-0.15, -0.1) is 0 Å². The number of carbonyl (C=O) groups excluding carboxylic acids is 1. The van der Waals surface area contributed by atoms with Gasteiger partial charge in [0, 0.05) is 30.5 Å². The van der Waals surface area contributed by atoms with Crippen LogP contribution in [0, 0.1) is 0 Å². The number of hydrogen-bond acceptors (Lipinski definition) is 3. The molecule has 0 aliphatic rings. The summed E-state index contributed by atoms with van der Waals surface area (Å²) in [6, 6.07) is 3.02. The number of nitrogens with zero attached hydrogens (tertiary/aromatic N) is 1. The van der Waals surface area contributed by atoms with Crippen LogP contribution in [-0.2, 0) is 4.79 Å². The van der Waals surface area contributed by atoms with Crippen LogP contribution in [0.5, 0.6) is 0 Å². The Bertz CT molecular complexity index is 430. The number of rotatable bonds is 6. The average Bonchev–Trinajstić information content (AvgIpc) is 2.37. The molecule has 0 bridgehead atoms. The summed E-state index contributed by atoms with van der Waals surface area (Å²) in [5, 5.41) is 9.55. The minimum absolute atomic E-state index is 0.233. The highest BCUT2D eigenvalue weighted by Gasteiger charge is 2.36. The first-order valence-electron chi connectivity index (χ1n) is 5.70. The standard InChI is InChI=1S/C13H15F2NO2/c1-2-3-6-13(14,15)12(18)8-11(17)10-5-4-7-16-9-10/h4-5,7-9,17H,2-3,6H2,1H3/b11-8-. The second-order valence-electron chi connectivity index (χ2n) is 3.94. The molecule has 0 unspecified atom stereocenters. The molecule has 0 saturated carbocycles. The monoisotopic (exact) mass is 255 g/mol. The SMILES string of the molecule is CCCCC(F)(F)C(=O)/C=C(\O)c1cccnc1. The lowest BCUT2D eigenvalue weighted by molar-refractivity contribution is -0.138. The Morgan fingerprint density at radius 3 is 2.83 bits per heavy atom. The lowest BCUT2D eigenvalue weighted by atomic mass is 10.1. The number of ketones is 1. The summed E-state index contributed by atoms with van der Waals surface area (Å²) in [6.45, 7) is 1.77. The van der Waals surface area contributed by atoms with Crippen LogP contribution in [0.25, 0.3) is 5.76 Å². The molecule has 0 aromatic carbocycles. The molecule has 0 atom stereocenters. The molecule has 5 heteroatoms. The van der Waals surface area contributed by atoms with Gasteiger partial charge in [0.15, 0.2) is 0 Å². The topological polar surface area (TPSA) is 50.2 Å². The Hall–Kier alpha value is -1.78. The van der Waals surface area contributed by atoms with Gasteiger partial charge in [-0.2, -0.15) is 8.78 Å². The molecule has 18 heavy (non-hydrogen) atoms. The van der Waals surface area contributed by atoms with Gasteiger partial charge in [0.2, 0.25) is 5.78 Å². The van der Waals surface area contributed by atoms with E-state index in [0.29, 0.717) is 12.5 Å². The van der Waals surface area contributed by atoms with E-state index in [9.17, 15) is 18.7 Å². The van der Waals surface area contributed by atoms with Crippen molar-refractivity contribution in [3.05, 3.63) is 36.2 Å². The largest absolute Gasteiger partial charge is 0.507 e. The van der Waals surface area contributed by atoms with Crippen LogP contribution < -0.4 is 0 Å². The number of allylic oxidation sites excluding steroid dienone is 1. The molecule has 1 rings (SSSR count). The van der Waals surface area contributed by atoms with Crippen LogP contribution in [0.3, 0.4) is 0 Å². The second kappa shape index (κ2) is 6.23. The summed E-state index contributed by atoms with van der Waals surface area (Å²) in [4.78, 5) is 15.1. The fraction of sp³-hybridized carbons (Fsp3) is 0.385. The van der Waals surface area contributed by atoms with E-state index in [0.717, 1.165) is 0 Å². The highest BCUT2D eigenvalue weighted by molar-refractivity contribution is 6.00. The van der Waals surface area contributed by atoms with E-state index < -0.39 is 23.9 Å². The molecule has 1 N–H and O–H groups in total. The summed E-state index contributed by atoms with van der Waals surface area (Å²) in [7, 11) is 0. The molecule has 0 spiro atoms. The van der Waals surface area contributed by atoms with Crippen molar-refractivity contribution in [1.29, 1.82) is 0 Å². The highest BCUT2D eigenvalue weighted by Crippen LogP contribution is 2.24. The number of aliphatic hydroxyl groups excluding tert-OH is 1. The van der Waals surface area contributed by atoms with Gasteiger partial charge in [-0.3, -0.25) is 9.78 Å². The van der Waals surface area contributed by atoms with Crippen LogP contribution in [0.2, 0.25) is 0 Å². The minimum atomic E-state index is -3.42. The van der Waals surface area contributed by atoms with E-state index in [1.807, 2.05) is 0 Å². The van der Waals surface area contributed by atoms with E-state index in [2.05, 4.69) is 4.98 Å². The molecule has 0 radical (unpaired) electrons. The lowest BCUT2D eigenvalue weighted by Crippen LogP contribution is -2.27. The number of unbranched alkanes of at least 4 members (excludes halogenated alkanes) is 1. The van der Waals surface area contributed by atoms with Crippen molar-refractivity contribution in [3.8, 4) is 0 Å². The van der Waals surface area contributed by atoms with Crippen LogP contribution in [0.1, 0.15) is 31.7 Å². The number of alkyl halides is 2. The molecule has 1 aromatic heterocycles. The van der Waals surface area contributed by atoms with Gasteiger partial charge in [-0.05, 0) is 18.6 Å². The third-order valence-electron chi connectivity index (χ3n) is 2.43. The molecule has 3 nitrogen and oxygen atoms in total. The zero-order chi connectivity index (χ0) is 13.6. The van der Waals surface area contributed by atoms with E-state index >= 15 is 0 Å². The van der Waals surface area contributed by atoms with Crippen molar-refractivity contribution in [2.24, 2.45) is 0 Å². The van der Waals surface area contributed by atoms with Gasteiger partial charge < -0.3 is 5.11 Å². The van der Waals surface area contributed by atoms with E-state index in [-0.39, 0.29) is 12.0 Å². The summed E-state index contributed by atoms with van der Waals surface area (Å²) in [5.74, 6) is -5.30. The Labute approximate surface area is 104 Å².